The molecule has 4 heteroatoms. The van der Waals surface area contributed by atoms with E-state index in [0.717, 1.165) is 56.9 Å². The molecule has 34 heavy (non-hydrogen) atoms. The summed E-state index contributed by atoms with van der Waals surface area (Å²) in [4.78, 5) is 4.70. The Kier molecular flexibility index (Phi) is 7.91. The lowest BCUT2D eigenvalue weighted by molar-refractivity contribution is -0.0275. The number of piperidine rings is 1. The van der Waals surface area contributed by atoms with E-state index in [1.807, 2.05) is 26.0 Å². The van der Waals surface area contributed by atoms with Gasteiger partial charge in [0.2, 0.25) is 0 Å². The van der Waals surface area contributed by atoms with E-state index in [0.29, 0.717) is 0 Å². The molecule has 0 unspecified atom stereocenters. The molecule has 0 radical (unpaired) electrons. The van der Waals surface area contributed by atoms with Crippen LogP contribution in [0, 0.1) is 0 Å². The van der Waals surface area contributed by atoms with Crippen molar-refractivity contribution in [1.29, 1.82) is 0 Å². The number of likely N-dealkylation sites (tertiary alicyclic amines) is 1. The number of anilines is 1. The SMILES string of the molecule is CC(C)Oc1ccc(N(C)CCC2(O)CCN(Cc3ccccc3-c3ccccc3)CC2)cc1. The van der Waals surface area contributed by atoms with Gasteiger partial charge in [0.25, 0.3) is 0 Å². The van der Waals surface area contributed by atoms with Gasteiger partial charge >= 0.3 is 0 Å². The quantitative estimate of drug-likeness (QED) is 0.427. The van der Waals surface area contributed by atoms with Crippen LogP contribution in [0.4, 0.5) is 5.69 Å². The van der Waals surface area contributed by atoms with Gasteiger partial charge in [-0.3, -0.25) is 4.90 Å². The van der Waals surface area contributed by atoms with Gasteiger partial charge in [-0.2, -0.15) is 0 Å². The van der Waals surface area contributed by atoms with E-state index >= 15 is 0 Å². The summed E-state index contributed by atoms with van der Waals surface area (Å²) in [5.41, 5.74) is 4.47. The zero-order chi connectivity index (χ0) is 24.0. The first-order valence-corrected chi connectivity index (χ1v) is 12.5. The Hall–Kier alpha value is -2.82. The Bertz CT molecular complexity index is 1030. The van der Waals surface area contributed by atoms with Gasteiger partial charge < -0.3 is 14.7 Å². The van der Waals surface area contributed by atoms with Gasteiger partial charge in [-0.1, -0.05) is 54.6 Å². The Morgan fingerprint density at radius 2 is 1.56 bits per heavy atom. The predicted octanol–water partition coefficient (Wildman–Crippen LogP) is 5.99. The zero-order valence-electron chi connectivity index (χ0n) is 20.8. The fourth-order valence-electron chi connectivity index (χ4n) is 4.73. The molecular formula is C30H38N2O2. The Balaban J connectivity index is 1.29. The summed E-state index contributed by atoms with van der Waals surface area (Å²) in [6, 6.07) is 27.5. The fourth-order valence-corrected chi connectivity index (χ4v) is 4.73. The smallest absolute Gasteiger partial charge is 0.119 e. The number of benzene rings is 3. The minimum atomic E-state index is -0.593. The molecule has 180 valence electrons. The maximum atomic E-state index is 11.3. The summed E-state index contributed by atoms with van der Waals surface area (Å²) in [6.45, 7) is 7.67. The van der Waals surface area contributed by atoms with Crippen molar-refractivity contribution in [2.75, 3.05) is 31.6 Å². The fraction of sp³-hybridized carbons (Fsp3) is 0.400. The second-order valence-electron chi connectivity index (χ2n) is 9.86. The lowest BCUT2D eigenvalue weighted by atomic mass is 9.87. The summed E-state index contributed by atoms with van der Waals surface area (Å²) in [6.07, 6.45) is 2.59. The topological polar surface area (TPSA) is 35.9 Å². The number of hydrogen-bond donors (Lipinski definition) is 1. The molecule has 0 aromatic heterocycles. The highest BCUT2D eigenvalue weighted by molar-refractivity contribution is 5.67. The van der Waals surface area contributed by atoms with Crippen molar-refractivity contribution in [3.05, 3.63) is 84.4 Å². The van der Waals surface area contributed by atoms with Crippen LogP contribution in [0.2, 0.25) is 0 Å². The number of rotatable bonds is 9. The lowest BCUT2D eigenvalue weighted by Crippen LogP contribution is -2.45. The molecule has 1 N–H and O–H groups in total. The van der Waals surface area contributed by atoms with Crippen molar-refractivity contribution < 1.29 is 9.84 Å². The van der Waals surface area contributed by atoms with Crippen molar-refractivity contribution in [2.45, 2.75) is 51.4 Å². The normalized spacial score (nSPS) is 15.9. The molecule has 4 rings (SSSR count). The summed E-state index contributed by atoms with van der Waals surface area (Å²) >= 11 is 0. The van der Waals surface area contributed by atoms with Crippen molar-refractivity contribution in [3.63, 3.8) is 0 Å². The van der Waals surface area contributed by atoms with Gasteiger partial charge in [-0.05, 0) is 74.1 Å². The van der Waals surface area contributed by atoms with Crippen LogP contribution in [-0.4, -0.2) is 48.4 Å². The van der Waals surface area contributed by atoms with E-state index in [2.05, 4.69) is 83.6 Å². The first-order chi connectivity index (χ1) is 16.4. The van der Waals surface area contributed by atoms with Crippen molar-refractivity contribution in [1.82, 2.24) is 4.90 Å². The third kappa shape index (κ3) is 6.40. The Labute approximate surface area is 204 Å². The average molecular weight is 459 g/mol. The van der Waals surface area contributed by atoms with E-state index in [1.165, 1.54) is 16.7 Å². The Morgan fingerprint density at radius 1 is 0.912 bits per heavy atom. The molecular weight excluding hydrogens is 420 g/mol. The highest BCUT2D eigenvalue weighted by Gasteiger charge is 2.32. The van der Waals surface area contributed by atoms with E-state index < -0.39 is 5.60 Å². The second kappa shape index (κ2) is 11.1. The number of ether oxygens (including phenoxy) is 1. The molecule has 1 aliphatic rings. The number of nitrogens with zero attached hydrogens (tertiary/aromatic N) is 2. The Morgan fingerprint density at radius 3 is 2.24 bits per heavy atom. The van der Waals surface area contributed by atoms with Crippen LogP contribution in [0.3, 0.4) is 0 Å². The predicted molar refractivity (Wildman–Crippen MR) is 141 cm³/mol. The largest absolute Gasteiger partial charge is 0.491 e. The average Bonchev–Trinajstić information content (AvgIpc) is 2.85. The molecule has 0 saturated carbocycles. The molecule has 1 heterocycles. The van der Waals surface area contributed by atoms with Crippen LogP contribution in [0.15, 0.2) is 78.9 Å². The van der Waals surface area contributed by atoms with Crippen LogP contribution in [0.1, 0.15) is 38.7 Å². The summed E-state index contributed by atoms with van der Waals surface area (Å²) < 4.78 is 5.74. The van der Waals surface area contributed by atoms with Crippen LogP contribution in [0.5, 0.6) is 5.75 Å². The summed E-state index contributed by atoms with van der Waals surface area (Å²) in [7, 11) is 2.09. The molecule has 1 aliphatic heterocycles. The van der Waals surface area contributed by atoms with E-state index in [4.69, 9.17) is 4.74 Å². The first kappa shape index (κ1) is 24.3. The lowest BCUT2D eigenvalue weighted by Gasteiger charge is -2.39. The number of hydrogen-bond acceptors (Lipinski definition) is 4. The van der Waals surface area contributed by atoms with Crippen molar-refractivity contribution >= 4 is 5.69 Å². The van der Waals surface area contributed by atoms with Crippen LogP contribution >= 0.6 is 0 Å². The maximum absolute atomic E-state index is 11.3. The molecule has 1 saturated heterocycles. The van der Waals surface area contributed by atoms with Gasteiger partial charge in [0, 0.05) is 38.9 Å². The molecule has 1 fully saturated rings. The minimum absolute atomic E-state index is 0.176. The van der Waals surface area contributed by atoms with Gasteiger partial charge in [0.1, 0.15) is 5.75 Å². The zero-order valence-corrected chi connectivity index (χ0v) is 20.8. The molecule has 0 aliphatic carbocycles. The van der Waals surface area contributed by atoms with Gasteiger partial charge in [0.05, 0.1) is 11.7 Å². The van der Waals surface area contributed by atoms with Crippen LogP contribution in [-0.2, 0) is 6.54 Å². The molecule has 0 amide bonds. The van der Waals surface area contributed by atoms with Crippen LogP contribution < -0.4 is 9.64 Å². The van der Waals surface area contributed by atoms with E-state index in [-0.39, 0.29) is 6.10 Å². The highest BCUT2D eigenvalue weighted by Crippen LogP contribution is 2.30. The van der Waals surface area contributed by atoms with Crippen molar-refractivity contribution in [3.8, 4) is 16.9 Å². The molecule has 0 spiro atoms. The van der Waals surface area contributed by atoms with Gasteiger partial charge in [0.15, 0.2) is 0 Å². The van der Waals surface area contributed by atoms with E-state index in [9.17, 15) is 5.11 Å². The van der Waals surface area contributed by atoms with Crippen molar-refractivity contribution in [2.24, 2.45) is 0 Å². The van der Waals surface area contributed by atoms with Gasteiger partial charge in [-0.25, -0.2) is 0 Å². The molecule has 3 aromatic rings. The second-order valence-corrected chi connectivity index (χ2v) is 9.86. The third-order valence-electron chi connectivity index (χ3n) is 6.84. The van der Waals surface area contributed by atoms with Crippen LogP contribution in [0.25, 0.3) is 11.1 Å². The van der Waals surface area contributed by atoms with Gasteiger partial charge in [-0.15, -0.1) is 0 Å². The molecule has 4 nitrogen and oxygen atoms in total. The standard InChI is InChI=1S/C30H38N2O2/c1-24(2)34-28-15-13-27(14-16-28)31(3)20-17-30(33)18-21-32(22-19-30)23-26-11-7-8-12-29(26)25-9-5-4-6-10-25/h4-16,24,33H,17-23H2,1-3H3. The summed E-state index contributed by atoms with van der Waals surface area (Å²) in [5, 5.41) is 11.3. The highest BCUT2D eigenvalue weighted by atomic mass is 16.5. The minimum Gasteiger partial charge on any atom is -0.491 e. The van der Waals surface area contributed by atoms with E-state index in [1.54, 1.807) is 0 Å². The molecule has 0 bridgehead atoms. The monoisotopic (exact) mass is 458 g/mol. The number of aliphatic hydroxyl groups is 1. The first-order valence-electron chi connectivity index (χ1n) is 12.5. The summed E-state index contributed by atoms with van der Waals surface area (Å²) in [5.74, 6) is 0.895. The molecule has 3 aromatic carbocycles. The third-order valence-corrected chi connectivity index (χ3v) is 6.84. The maximum Gasteiger partial charge on any atom is 0.119 e. The molecule has 0 atom stereocenters.